The Morgan fingerprint density at radius 1 is 1.16 bits per heavy atom. The molecule has 1 aliphatic heterocycles. The minimum Gasteiger partial charge on any atom is -0.387 e. The van der Waals surface area contributed by atoms with E-state index in [0.29, 0.717) is 0 Å². The van der Waals surface area contributed by atoms with Crippen LogP contribution in [-0.4, -0.2) is 66.6 Å². The zero-order valence-corrected chi connectivity index (χ0v) is 16.2. The molecule has 0 spiro atoms. The van der Waals surface area contributed by atoms with Crippen molar-refractivity contribution in [3.05, 3.63) is 35.4 Å². The molecule has 0 radical (unpaired) electrons. The van der Waals surface area contributed by atoms with E-state index in [4.69, 9.17) is 0 Å². The molecule has 25 heavy (non-hydrogen) atoms. The van der Waals surface area contributed by atoms with Crippen molar-refractivity contribution in [1.82, 2.24) is 15.1 Å². The summed E-state index contributed by atoms with van der Waals surface area (Å²) >= 11 is 0. The molecule has 1 aliphatic rings. The lowest BCUT2D eigenvalue weighted by atomic mass is 9.86. The highest BCUT2D eigenvalue weighted by Gasteiger charge is 2.24. The van der Waals surface area contributed by atoms with Gasteiger partial charge in [-0.05, 0) is 30.5 Å². The van der Waals surface area contributed by atoms with E-state index in [-0.39, 0.29) is 23.9 Å². The molecule has 2 atom stereocenters. The number of hydrogen-bond donors (Lipinski definition) is 2. The van der Waals surface area contributed by atoms with Gasteiger partial charge in [0.05, 0.1) is 12.1 Å². The summed E-state index contributed by atoms with van der Waals surface area (Å²) < 4.78 is 0. The van der Waals surface area contributed by atoms with Gasteiger partial charge in [0, 0.05) is 32.7 Å². The minimum atomic E-state index is -0.683. The summed E-state index contributed by atoms with van der Waals surface area (Å²) in [5.41, 5.74) is 2.16. The number of amides is 1. The molecule has 1 amide bonds. The second kappa shape index (κ2) is 8.30. The van der Waals surface area contributed by atoms with Crippen molar-refractivity contribution in [2.75, 3.05) is 39.8 Å². The maximum absolute atomic E-state index is 12.4. The normalized spacial score (nSPS) is 19.4. The van der Waals surface area contributed by atoms with Gasteiger partial charge in [-0.25, -0.2) is 0 Å². The van der Waals surface area contributed by atoms with E-state index in [1.807, 2.05) is 31.2 Å². The maximum atomic E-state index is 12.4. The number of piperazine rings is 1. The molecule has 1 saturated heterocycles. The fraction of sp³-hybridized carbons (Fsp3) is 0.650. The standard InChI is InChI=1S/C20H33N3O2/c1-15(23-12-10-22(5)11-13-23)19(25)21-14-18(24)16-6-8-17(9-7-16)20(2,3)4/h6-9,15,18,24H,10-14H2,1-5H3,(H,21,25). The highest BCUT2D eigenvalue weighted by atomic mass is 16.3. The predicted molar refractivity (Wildman–Crippen MR) is 102 cm³/mol. The van der Waals surface area contributed by atoms with Gasteiger partial charge in [-0.2, -0.15) is 0 Å². The van der Waals surface area contributed by atoms with E-state index in [9.17, 15) is 9.90 Å². The van der Waals surface area contributed by atoms with E-state index < -0.39 is 6.10 Å². The van der Waals surface area contributed by atoms with Crippen molar-refractivity contribution < 1.29 is 9.90 Å². The number of nitrogens with zero attached hydrogens (tertiary/aromatic N) is 2. The molecule has 5 nitrogen and oxygen atoms in total. The third kappa shape index (κ3) is 5.53. The van der Waals surface area contributed by atoms with Crippen LogP contribution in [0.15, 0.2) is 24.3 Å². The molecule has 1 heterocycles. The average molecular weight is 348 g/mol. The van der Waals surface area contributed by atoms with E-state index in [2.05, 4.69) is 42.9 Å². The fourth-order valence-corrected chi connectivity index (χ4v) is 3.04. The van der Waals surface area contributed by atoms with Gasteiger partial charge in [0.2, 0.25) is 5.91 Å². The molecule has 1 fully saturated rings. The minimum absolute atomic E-state index is 0.0186. The zero-order valence-electron chi connectivity index (χ0n) is 16.2. The number of aliphatic hydroxyl groups is 1. The van der Waals surface area contributed by atoms with Crippen molar-refractivity contribution in [3.8, 4) is 0 Å². The molecule has 2 unspecified atom stereocenters. The first-order valence-electron chi connectivity index (χ1n) is 9.17. The van der Waals surface area contributed by atoms with Crippen molar-refractivity contribution in [2.24, 2.45) is 0 Å². The van der Waals surface area contributed by atoms with Crippen molar-refractivity contribution in [2.45, 2.75) is 45.3 Å². The number of carbonyl (C=O) groups is 1. The molecule has 0 bridgehead atoms. The summed E-state index contributed by atoms with van der Waals surface area (Å²) in [6.45, 7) is 12.5. The third-order valence-electron chi connectivity index (χ3n) is 5.10. The van der Waals surface area contributed by atoms with Gasteiger partial charge in [-0.3, -0.25) is 9.69 Å². The van der Waals surface area contributed by atoms with Crippen molar-refractivity contribution in [1.29, 1.82) is 0 Å². The molecule has 0 aromatic heterocycles. The van der Waals surface area contributed by atoms with Gasteiger partial charge in [0.1, 0.15) is 0 Å². The number of aliphatic hydroxyl groups excluding tert-OH is 1. The Labute approximate surface area is 152 Å². The third-order valence-corrected chi connectivity index (χ3v) is 5.10. The highest BCUT2D eigenvalue weighted by molar-refractivity contribution is 5.81. The van der Waals surface area contributed by atoms with Crippen LogP contribution in [0.5, 0.6) is 0 Å². The number of carbonyl (C=O) groups excluding carboxylic acids is 1. The number of nitrogens with one attached hydrogen (secondary N) is 1. The highest BCUT2D eigenvalue weighted by Crippen LogP contribution is 2.23. The lowest BCUT2D eigenvalue weighted by molar-refractivity contribution is -0.127. The maximum Gasteiger partial charge on any atom is 0.237 e. The van der Waals surface area contributed by atoms with Gasteiger partial charge >= 0.3 is 0 Å². The Morgan fingerprint density at radius 2 is 1.72 bits per heavy atom. The topological polar surface area (TPSA) is 55.8 Å². The summed E-state index contributed by atoms with van der Waals surface area (Å²) in [4.78, 5) is 16.8. The summed E-state index contributed by atoms with van der Waals surface area (Å²) in [5.74, 6) is -0.0186. The van der Waals surface area contributed by atoms with Crippen molar-refractivity contribution in [3.63, 3.8) is 0 Å². The second-order valence-electron chi connectivity index (χ2n) is 8.15. The Balaban J connectivity index is 1.84. The molecule has 1 aromatic carbocycles. The average Bonchev–Trinajstić information content (AvgIpc) is 2.58. The summed E-state index contributed by atoms with van der Waals surface area (Å²) in [5, 5.41) is 13.2. The monoisotopic (exact) mass is 347 g/mol. The predicted octanol–water partition coefficient (Wildman–Crippen LogP) is 1.77. The first-order chi connectivity index (χ1) is 11.7. The van der Waals surface area contributed by atoms with Gasteiger partial charge in [-0.15, -0.1) is 0 Å². The SMILES string of the molecule is CC(C(=O)NCC(O)c1ccc(C(C)(C)C)cc1)N1CCN(C)CC1. The molecule has 2 N–H and O–H groups in total. The van der Waals surface area contributed by atoms with Crippen LogP contribution in [0.25, 0.3) is 0 Å². The molecule has 1 aromatic rings. The lowest BCUT2D eigenvalue weighted by Gasteiger charge is -2.35. The second-order valence-corrected chi connectivity index (χ2v) is 8.15. The molecule has 5 heteroatoms. The quantitative estimate of drug-likeness (QED) is 0.852. The molecule has 140 valence electrons. The summed E-state index contributed by atoms with van der Waals surface area (Å²) in [7, 11) is 2.10. The van der Waals surface area contributed by atoms with Crippen LogP contribution in [0, 0.1) is 0 Å². The number of hydrogen-bond acceptors (Lipinski definition) is 4. The molecular formula is C20H33N3O2. The summed E-state index contributed by atoms with van der Waals surface area (Å²) in [6.07, 6.45) is -0.683. The van der Waals surface area contributed by atoms with Crippen molar-refractivity contribution >= 4 is 5.91 Å². The van der Waals surface area contributed by atoms with Crippen LogP contribution in [0.2, 0.25) is 0 Å². The van der Waals surface area contributed by atoms with E-state index in [0.717, 1.165) is 31.7 Å². The Bertz CT molecular complexity index is 557. The zero-order chi connectivity index (χ0) is 18.6. The number of benzene rings is 1. The van der Waals surface area contributed by atoms with Crippen LogP contribution in [0.3, 0.4) is 0 Å². The Kier molecular flexibility index (Phi) is 6.60. The molecule has 0 saturated carbocycles. The first-order valence-corrected chi connectivity index (χ1v) is 9.17. The molecule has 2 rings (SSSR count). The van der Waals surface area contributed by atoms with Gasteiger partial charge in [-0.1, -0.05) is 45.0 Å². The van der Waals surface area contributed by atoms with Gasteiger partial charge in [0.15, 0.2) is 0 Å². The number of likely N-dealkylation sites (N-methyl/N-ethyl adjacent to an activating group) is 1. The van der Waals surface area contributed by atoms with Crippen LogP contribution < -0.4 is 5.32 Å². The fourth-order valence-electron chi connectivity index (χ4n) is 3.04. The van der Waals surface area contributed by atoms with Crippen LogP contribution >= 0.6 is 0 Å². The molecule has 0 aliphatic carbocycles. The van der Waals surface area contributed by atoms with E-state index >= 15 is 0 Å². The smallest absolute Gasteiger partial charge is 0.237 e. The lowest BCUT2D eigenvalue weighted by Crippen LogP contribution is -2.53. The van der Waals surface area contributed by atoms with E-state index in [1.54, 1.807) is 0 Å². The largest absolute Gasteiger partial charge is 0.387 e. The van der Waals surface area contributed by atoms with Crippen LogP contribution in [0.4, 0.5) is 0 Å². The van der Waals surface area contributed by atoms with E-state index in [1.165, 1.54) is 5.56 Å². The number of rotatable bonds is 5. The Morgan fingerprint density at radius 3 is 2.24 bits per heavy atom. The Hall–Kier alpha value is -1.43. The summed E-state index contributed by atoms with van der Waals surface area (Å²) in [6, 6.07) is 7.83. The van der Waals surface area contributed by atoms with Gasteiger partial charge < -0.3 is 15.3 Å². The van der Waals surface area contributed by atoms with Gasteiger partial charge in [0.25, 0.3) is 0 Å². The first kappa shape index (κ1) is 19.9. The van der Waals surface area contributed by atoms with Crippen LogP contribution in [-0.2, 0) is 10.2 Å². The van der Waals surface area contributed by atoms with Crippen LogP contribution in [0.1, 0.15) is 44.9 Å². The molecular weight excluding hydrogens is 314 g/mol.